The number of aromatic nitrogens is 2. The quantitative estimate of drug-likeness (QED) is 0.781. The lowest BCUT2D eigenvalue weighted by atomic mass is 9.53. The first-order valence-corrected chi connectivity index (χ1v) is 10.1. The normalized spacial score (nSPS) is 34.0. The number of H-pyrrole nitrogens is 1. The lowest BCUT2D eigenvalue weighted by Crippen LogP contribution is -2.47. The van der Waals surface area contributed by atoms with Gasteiger partial charge < -0.3 is 14.2 Å². The van der Waals surface area contributed by atoms with Crippen molar-refractivity contribution in [1.82, 2.24) is 10.2 Å². The van der Waals surface area contributed by atoms with Gasteiger partial charge in [0.25, 0.3) is 0 Å². The van der Waals surface area contributed by atoms with Crippen LogP contribution in [0.25, 0.3) is 0 Å². The van der Waals surface area contributed by atoms with Crippen molar-refractivity contribution in [3.05, 3.63) is 17.5 Å². The molecule has 1 unspecified atom stereocenters. The molecule has 6 heteroatoms. The molecule has 1 atom stereocenters. The second-order valence-corrected chi connectivity index (χ2v) is 8.27. The zero-order valence-electron chi connectivity index (χ0n) is 15.7. The number of carbonyl (C=O) groups excluding carboxylic acids is 1. The van der Waals surface area contributed by atoms with Crippen LogP contribution >= 0.6 is 0 Å². The van der Waals surface area contributed by atoms with Crippen LogP contribution in [-0.4, -0.2) is 42.3 Å². The first kappa shape index (κ1) is 18.0. The molecule has 3 saturated carbocycles. The molecule has 0 amide bonds. The number of aromatic amines is 1. The van der Waals surface area contributed by atoms with E-state index < -0.39 is 0 Å². The number of rotatable bonds is 6. The van der Waals surface area contributed by atoms with Crippen LogP contribution in [0, 0.1) is 5.41 Å². The summed E-state index contributed by atoms with van der Waals surface area (Å²) in [5, 5.41) is 7.32. The summed E-state index contributed by atoms with van der Waals surface area (Å²) >= 11 is 0. The molecule has 4 aliphatic rings. The number of hydrogen-bond donors (Lipinski definition) is 1. The van der Waals surface area contributed by atoms with Crippen LogP contribution in [0.3, 0.4) is 0 Å². The highest BCUT2D eigenvalue weighted by atomic mass is 16.7. The molecule has 0 spiro atoms. The fraction of sp³-hybridized carbons (Fsp3) is 0.800. The van der Waals surface area contributed by atoms with E-state index in [-0.39, 0.29) is 17.7 Å². The average Bonchev–Trinajstić information content (AvgIpc) is 3.20. The number of carbonyl (C=O) groups is 1. The van der Waals surface area contributed by atoms with Crippen molar-refractivity contribution in [2.45, 2.75) is 76.4 Å². The maximum absolute atomic E-state index is 11.9. The number of fused-ring (bicyclic) bond motifs is 3. The molecule has 2 heterocycles. The maximum atomic E-state index is 11.9. The third kappa shape index (κ3) is 3.41. The van der Waals surface area contributed by atoms with E-state index in [4.69, 9.17) is 14.2 Å². The Morgan fingerprint density at radius 3 is 2.69 bits per heavy atom. The Morgan fingerprint density at radius 2 is 2.04 bits per heavy atom. The number of nitrogens with one attached hydrogen (secondary N) is 1. The molecule has 1 aromatic heterocycles. The van der Waals surface area contributed by atoms with Gasteiger partial charge >= 0.3 is 5.97 Å². The third-order valence-electron chi connectivity index (χ3n) is 6.75. The van der Waals surface area contributed by atoms with Gasteiger partial charge in [0, 0.05) is 17.7 Å². The third-order valence-corrected chi connectivity index (χ3v) is 6.75. The molecule has 0 radical (unpaired) electrons. The summed E-state index contributed by atoms with van der Waals surface area (Å²) in [5.41, 5.74) is 1.95. The summed E-state index contributed by atoms with van der Waals surface area (Å²) in [5.74, 6) is -0.340. The van der Waals surface area contributed by atoms with Crippen LogP contribution in [0.15, 0.2) is 6.07 Å². The molecule has 3 aliphatic carbocycles. The maximum Gasteiger partial charge on any atom is 0.358 e. The SMILES string of the molecule is CCOC(=O)c1cc(C23CCC(COC4CCCCO4)(CC2)CC3)[nH]n1. The highest BCUT2D eigenvalue weighted by molar-refractivity contribution is 5.87. The van der Waals surface area contributed by atoms with Crippen LogP contribution in [0.5, 0.6) is 0 Å². The van der Waals surface area contributed by atoms with E-state index in [2.05, 4.69) is 10.2 Å². The minimum atomic E-state index is -0.340. The molecular weight excluding hydrogens is 332 g/mol. The van der Waals surface area contributed by atoms with E-state index in [1.54, 1.807) is 0 Å². The van der Waals surface area contributed by atoms with Crippen molar-refractivity contribution in [2.24, 2.45) is 5.41 Å². The van der Waals surface area contributed by atoms with Gasteiger partial charge in [-0.15, -0.1) is 0 Å². The van der Waals surface area contributed by atoms with Gasteiger partial charge in [-0.05, 0) is 76.2 Å². The van der Waals surface area contributed by atoms with Crippen LogP contribution < -0.4 is 0 Å². The number of nitrogens with zero attached hydrogens (tertiary/aromatic N) is 1. The van der Waals surface area contributed by atoms with Crippen molar-refractivity contribution in [2.75, 3.05) is 19.8 Å². The van der Waals surface area contributed by atoms with Gasteiger partial charge in [0.1, 0.15) is 0 Å². The summed E-state index contributed by atoms with van der Waals surface area (Å²) in [4.78, 5) is 11.9. The Balaban J connectivity index is 1.37. The predicted molar refractivity (Wildman–Crippen MR) is 95.9 cm³/mol. The molecule has 1 aromatic rings. The Bertz CT molecular complexity index is 611. The van der Waals surface area contributed by atoms with Gasteiger partial charge in [0.15, 0.2) is 12.0 Å². The Kier molecular flexibility index (Phi) is 5.06. The molecule has 6 nitrogen and oxygen atoms in total. The molecule has 26 heavy (non-hydrogen) atoms. The molecule has 1 aliphatic heterocycles. The van der Waals surface area contributed by atoms with Crippen molar-refractivity contribution in [3.63, 3.8) is 0 Å². The smallest absolute Gasteiger partial charge is 0.358 e. The standard InChI is InChI=1S/C20H30N2O4/c1-2-24-18(23)15-13-16(22-21-15)20-9-6-19(7-10-20,8-11-20)14-26-17-5-3-4-12-25-17/h13,17H,2-12,14H2,1H3,(H,21,22). The average molecular weight is 362 g/mol. The minimum absolute atomic E-state index is 0.00600. The molecule has 144 valence electrons. The van der Waals surface area contributed by atoms with Crippen molar-refractivity contribution in [1.29, 1.82) is 0 Å². The molecule has 0 aromatic carbocycles. The zero-order valence-corrected chi connectivity index (χ0v) is 15.7. The lowest BCUT2D eigenvalue weighted by molar-refractivity contribution is -0.188. The van der Waals surface area contributed by atoms with Gasteiger partial charge in [-0.25, -0.2) is 4.79 Å². The summed E-state index contributed by atoms with van der Waals surface area (Å²) in [6.45, 7) is 3.85. The zero-order chi connectivity index (χ0) is 18.0. The van der Waals surface area contributed by atoms with E-state index in [1.807, 2.05) is 13.0 Å². The summed E-state index contributed by atoms with van der Waals surface area (Å²) in [6.07, 6.45) is 10.3. The van der Waals surface area contributed by atoms with Crippen LogP contribution in [-0.2, 0) is 19.6 Å². The van der Waals surface area contributed by atoms with Crippen LogP contribution in [0.1, 0.15) is 80.9 Å². The van der Waals surface area contributed by atoms with E-state index in [9.17, 15) is 4.79 Å². The molecule has 2 bridgehead atoms. The predicted octanol–water partition coefficient (Wildman–Crippen LogP) is 3.72. The fourth-order valence-corrected chi connectivity index (χ4v) is 4.90. The Hall–Kier alpha value is -1.40. The molecule has 4 fully saturated rings. The van der Waals surface area contributed by atoms with E-state index >= 15 is 0 Å². The summed E-state index contributed by atoms with van der Waals surface area (Å²) in [6, 6.07) is 1.91. The number of esters is 1. The monoisotopic (exact) mass is 362 g/mol. The number of ether oxygens (including phenoxy) is 3. The summed E-state index contributed by atoms with van der Waals surface area (Å²) < 4.78 is 16.9. The van der Waals surface area contributed by atoms with Crippen molar-refractivity contribution in [3.8, 4) is 0 Å². The molecule has 5 rings (SSSR count). The molecule has 1 N–H and O–H groups in total. The molecular formula is C20H30N2O4. The van der Waals surface area contributed by atoms with Gasteiger partial charge in [-0.1, -0.05) is 0 Å². The highest BCUT2D eigenvalue weighted by Crippen LogP contribution is 2.57. The second-order valence-electron chi connectivity index (χ2n) is 8.27. The van der Waals surface area contributed by atoms with Crippen molar-refractivity contribution >= 4 is 5.97 Å². The Morgan fingerprint density at radius 1 is 1.27 bits per heavy atom. The number of hydrogen-bond acceptors (Lipinski definition) is 5. The van der Waals surface area contributed by atoms with E-state index in [0.29, 0.717) is 17.7 Å². The minimum Gasteiger partial charge on any atom is -0.461 e. The molecule has 1 saturated heterocycles. The van der Waals surface area contributed by atoms with E-state index in [1.165, 1.54) is 25.7 Å². The van der Waals surface area contributed by atoms with E-state index in [0.717, 1.165) is 51.0 Å². The first-order valence-electron chi connectivity index (χ1n) is 10.1. The van der Waals surface area contributed by atoms with Gasteiger partial charge in [0.05, 0.1) is 13.2 Å². The second kappa shape index (κ2) is 7.31. The van der Waals surface area contributed by atoms with Gasteiger partial charge in [-0.2, -0.15) is 5.10 Å². The first-order chi connectivity index (χ1) is 12.6. The van der Waals surface area contributed by atoms with Crippen LogP contribution in [0.2, 0.25) is 0 Å². The Labute approximate surface area is 155 Å². The van der Waals surface area contributed by atoms with Crippen molar-refractivity contribution < 1.29 is 19.0 Å². The topological polar surface area (TPSA) is 73.4 Å². The summed E-state index contributed by atoms with van der Waals surface area (Å²) in [7, 11) is 0. The fourth-order valence-electron chi connectivity index (χ4n) is 4.90. The largest absolute Gasteiger partial charge is 0.461 e. The highest BCUT2D eigenvalue weighted by Gasteiger charge is 2.50. The van der Waals surface area contributed by atoms with Gasteiger partial charge in [0.2, 0.25) is 0 Å². The van der Waals surface area contributed by atoms with Gasteiger partial charge in [-0.3, -0.25) is 5.10 Å². The van der Waals surface area contributed by atoms with Crippen LogP contribution in [0.4, 0.5) is 0 Å². The lowest BCUT2D eigenvalue weighted by Gasteiger charge is -2.53.